The van der Waals surface area contributed by atoms with Gasteiger partial charge in [0.2, 0.25) is 0 Å². The van der Waals surface area contributed by atoms with Crippen molar-refractivity contribution in [2.75, 3.05) is 43.4 Å². The molecule has 1 N–H and O–H groups in total. The smallest absolute Gasteiger partial charge is 0.412 e. The molecule has 0 saturated carbocycles. The van der Waals surface area contributed by atoms with E-state index in [0.717, 1.165) is 37.6 Å². The van der Waals surface area contributed by atoms with Crippen LogP contribution in [0.3, 0.4) is 0 Å². The molecule has 0 radical (unpaired) electrons. The number of nitrogens with one attached hydrogen (secondary N) is 1. The third kappa shape index (κ3) is 4.63. The van der Waals surface area contributed by atoms with Crippen molar-refractivity contribution in [1.29, 1.82) is 0 Å². The number of amides is 1. The molecule has 1 aromatic carbocycles. The minimum Gasteiger partial charge on any atom is -0.444 e. The van der Waals surface area contributed by atoms with Gasteiger partial charge in [-0.3, -0.25) is 5.32 Å². The van der Waals surface area contributed by atoms with Gasteiger partial charge in [-0.2, -0.15) is 0 Å². The van der Waals surface area contributed by atoms with Gasteiger partial charge in [-0.05, 0) is 52.4 Å². The van der Waals surface area contributed by atoms with Crippen LogP contribution in [0.15, 0.2) is 18.2 Å². The van der Waals surface area contributed by atoms with Gasteiger partial charge in [0.25, 0.3) is 0 Å². The van der Waals surface area contributed by atoms with Crippen molar-refractivity contribution in [1.82, 2.24) is 4.90 Å². The molecule has 1 aliphatic heterocycles. The summed E-state index contributed by atoms with van der Waals surface area (Å²) in [5.41, 5.74) is 2.56. The fourth-order valence-electron chi connectivity index (χ4n) is 2.47. The minimum atomic E-state index is -0.497. The molecule has 1 fully saturated rings. The average molecular weight is 305 g/mol. The molecule has 1 heterocycles. The molecule has 1 aliphatic rings. The van der Waals surface area contributed by atoms with Crippen LogP contribution in [0.4, 0.5) is 16.2 Å². The highest BCUT2D eigenvalue weighted by Crippen LogP contribution is 2.28. The van der Waals surface area contributed by atoms with E-state index in [4.69, 9.17) is 4.74 Å². The van der Waals surface area contributed by atoms with Gasteiger partial charge in [-0.1, -0.05) is 6.07 Å². The summed E-state index contributed by atoms with van der Waals surface area (Å²) in [4.78, 5) is 16.7. The lowest BCUT2D eigenvalue weighted by Crippen LogP contribution is -2.44. The van der Waals surface area contributed by atoms with Gasteiger partial charge in [-0.15, -0.1) is 0 Å². The molecular formula is C17H27N3O2. The highest BCUT2D eigenvalue weighted by molar-refractivity contribution is 5.90. The summed E-state index contributed by atoms with van der Waals surface area (Å²) in [6.45, 7) is 11.6. The molecule has 122 valence electrons. The lowest BCUT2D eigenvalue weighted by Gasteiger charge is -2.35. The zero-order valence-corrected chi connectivity index (χ0v) is 14.3. The number of hydrogen-bond acceptors (Lipinski definition) is 4. The van der Waals surface area contributed by atoms with Gasteiger partial charge in [0.15, 0.2) is 0 Å². The molecule has 0 bridgehead atoms. The second-order valence-corrected chi connectivity index (χ2v) is 6.94. The summed E-state index contributed by atoms with van der Waals surface area (Å²) in [6, 6.07) is 6.08. The van der Waals surface area contributed by atoms with Crippen LogP contribution in [0.5, 0.6) is 0 Å². The van der Waals surface area contributed by atoms with Crippen molar-refractivity contribution >= 4 is 17.5 Å². The Morgan fingerprint density at radius 3 is 2.41 bits per heavy atom. The highest BCUT2D eigenvalue weighted by atomic mass is 16.6. The van der Waals surface area contributed by atoms with E-state index in [1.807, 2.05) is 32.9 Å². The van der Waals surface area contributed by atoms with E-state index in [0.29, 0.717) is 0 Å². The average Bonchev–Trinajstić information content (AvgIpc) is 2.40. The lowest BCUT2D eigenvalue weighted by atomic mass is 10.1. The van der Waals surface area contributed by atoms with Crippen LogP contribution in [-0.2, 0) is 4.74 Å². The number of carbonyl (C=O) groups is 1. The molecule has 0 aliphatic carbocycles. The van der Waals surface area contributed by atoms with E-state index in [9.17, 15) is 4.79 Å². The first-order valence-electron chi connectivity index (χ1n) is 7.79. The fourth-order valence-corrected chi connectivity index (χ4v) is 2.47. The Bertz CT molecular complexity index is 529. The molecule has 1 amide bonds. The second-order valence-electron chi connectivity index (χ2n) is 6.94. The summed E-state index contributed by atoms with van der Waals surface area (Å²) in [5, 5.41) is 2.89. The Labute approximate surface area is 133 Å². The van der Waals surface area contributed by atoms with Gasteiger partial charge in [0, 0.05) is 26.2 Å². The van der Waals surface area contributed by atoms with E-state index in [1.165, 1.54) is 5.56 Å². The van der Waals surface area contributed by atoms with Crippen LogP contribution in [0, 0.1) is 6.92 Å². The third-order valence-electron chi connectivity index (χ3n) is 3.63. The number of likely N-dealkylation sites (N-methyl/N-ethyl adjacent to an activating group) is 1. The Morgan fingerprint density at radius 1 is 1.18 bits per heavy atom. The number of nitrogens with zero attached hydrogens (tertiary/aromatic N) is 2. The number of anilines is 2. The standard InChI is InChI=1S/C17H27N3O2/c1-13-6-7-14(18-16(21)22-17(2,3)4)15(12-13)20-10-8-19(5)9-11-20/h6-7,12H,8-11H2,1-5H3,(H,18,21). The van der Waals surface area contributed by atoms with Gasteiger partial charge >= 0.3 is 6.09 Å². The molecule has 0 aromatic heterocycles. The molecule has 2 rings (SSSR count). The molecule has 1 aromatic rings. The van der Waals surface area contributed by atoms with E-state index in [1.54, 1.807) is 0 Å². The van der Waals surface area contributed by atoms with Crippen molar-refractivity contribution in [2.45, 2.75) is 33.3 Å². The number of ether oxygens (including phenoxy) is 1. The summed E-state index contributed by atoms with van der Waals surface area (Å²) in [5.74, 6) is 0. The van der Waals surface area contributed by atoms with Crippen LogP contribution < -0.4 is 10.2 Å². The van der Waals surface area contributed by atoms with Crippen molar-refractivity contribution in [3.63, 3.8) is 0 Å². The minimum absolute atomic E-state index is 0.410. The number of carbonyl (C=O) groups excluding carboxylic acids is 1. The first-order chi connectivity index (χ1) is 10.2. The molecule has 5 nitrogen and oxygen atoms in total. The molecule has 0 atom stereocenters. The third-order valence-corrected chi connectivity index (χ3v) is 3.63. The largest absolute Gasteiger partial charge is 0.444 e. The van der Waals surface area contributed by atoms with Crippen LogP contribution in [0.25, 0.3) is 0 Å². The topological polar surface area (TPSA) is 44.8 Å². The number of hydrogen-bond donors (Lipinski definition) is 1. The Kier molecular flexibility index (Phi) is 4.96. The first kappa shape index (κ1) is 16.6. The van der Waals surface area contributed by atoms with Crippen LogP contribution in [0.2, 0.25) is 0 Å². The summed E-state index contributed by atoms with van der Waals surface area (Å²) >= 11 is 0. The highest BCUT2D eigenvalue weighted by Gasteiger charge is 2.20. The van der Waals surface area contributed by atoms with Crippen LogP contribution >= 0.6 is 0 Å². The predicted molar refractivity (Wildman–Crippen MR) is 90.7 cm³/mol. The van der Waals surface area contributed by atoms with Crippen molar-refractivity contribution < 1.29 is 9.53 Å². The van der Waals surface area contributed by atoms with Crippen LogP contribution in [-0.4, -0.2) is 49.8 Å². The molecule has 5 heteroatoms. The zero-order valence-electron chi connectivity index (χ0n) is 14.3. The number of aryl methyl sites for hydroxylation is 1. The Hall–Kier alpha value is -1.75. The van der Waals surface area contributed by atoms with Gasteiger partial charge in [0.1, 0.15) is 5.60 Å². The fraction of sp³-hybridized carbons (Fsp3) is 0.588. The molecule has 1 saturated heterocycles. The SMILES string of the molecule is Cc1ccc(NC(=O)OC(C)(C)C)c(N2CCN(C)CC2)c1. The quantitative estimate of drug-likeness (QED) is 0.912. The van der Waals surface area contributed by atoms with Gasteiger partial charge < -0.3 is 14.5 Å². The number of piperazine rings is 1. The maximum atomic E-state index is 12.0. The van der Waals surface area contributed by atoms with Crippen molar-refractivity contribution in [3.8, 4) is 0 Å². The molecule has 0 unspecified atom stereocenters. The predicted octanol–water partition coefficient (Wildman–Crippen LogP) is 3.09. The monoisotopic (exact) mass is 305 g/mol. The summed E-state index contributed by atoms with van der Waals surface area (Å²) < 4.78 is 5.35. The summed E-state index contributed by atoms with van der Waals surface area (Å²) in [7, 11) is 2.13. The zero-order chi connectivity index (χ0) is 16.3. The first-order valence-corrected chi connectivity index (χ1v) is 7.79. The maximum Gasteiger partial charge on any atom is 0.412 e. The molecule has 0 spiro atoms. The van der Waals surface area contributed by atoms with Crippen LogP contribution in [0.1, 0.15) is 26.3 Å². The van der Waals surface area contributed by atoms with Crippen molar-refractivity contribution in [3.05, 3.63) is 23.8 Å². The lowest BCUT2D eigenvalue weighted by molar-refractivity contribution is 0.0636. The Morgan fingerprint density at radius 2 is 1.82 bits per heavy atom. The molecule has 22 heavy (non-hydrogen) atoms. The second kappa shape index (κ2) is 6.57. The van der Waals surface area contributed by atoms with Gasteiger partial charge in [-0.25, -0.2) is 4.79 Å². The van der Waals surface area contributed by atoms with E-state index < -0.39 is 11.7 Å². The van der Waals surface area contributed by atoms with E-state index >= 15 is 0 Å². The maximum absolute atomic E-state index is 12.0. The van der Waals surface area contributed by atoms with E-state index in [-0.39, 0.29) is 0 Å². The molecular weight excluding hydrogens is 278 g/mol. The Balaban J connectivity index is 2.15. The summed E-state index contributed by atoms with van der Waals surface area (Å²) in [6.07, 6.45) is -0.410. The normalized spacial score (nSPS) is 16.5. The number of rotatable bonds is 2. The van der Waals surface area contributed by atoms with E-state index in [2.05, 4.69) is 35.2 Å². The number of benzene rings is 1. The van der Waals surface area contributed by atoms with Gasteiger partial charge in [0.05, 0.1) is 11.4 Å². The van der Waals surface area contributed by atoms with Crippen molar-refractivity contribution in [2.24, 2.45) is 0 Å².